The van der Waals surface area contributed by atoms with Crippen LogP contribution in [-0.2, 0) is 17.6 Å². The van der Waals surface area contributed by atoms with E-state index < -0.39 is 0 Å². The second-order valence-electron chi connectivity index (χ2n) is 4.13. The fraction of sp³-hybridized carbons (Fsp3) is 0.250. The van der Waals surface area contributed by atoms with E-state index in [1.165, 1.54) is 0 Å². The summed E-state index contributed by atoms with van der Waals surface area (Å²) >= 11 is 1.57. The van der Waals surface area contributed by atoms with Gasteiger partial charge in [-0.2, -0.15) is 5.10 Å². The van der Waals surface area contributed by atoms with Crippen molar-refractivity contribution >= 4 is 28.7 Å². The Balaban J connectivity index is 0.000000452. The molecule has 106 valence electrons. The first-order valence-electron chi connectivity index (χ1n) is 5.95. The van der Waals surface area contributed by atoms with Gasteiger partial charge in [0.15, 0.2) is 0 Å². The fourth-order valence-corrected chi connectivity index (χ4v) is 3.55. The first kappa shape index (κ1) is 14.1. The minimum atomic E-state index is -0.362. The van der Waals surface area contributed by atoms with Crippen LogP contribution in [0.3, 0.4) is 0 Å². The number of primary amides is 2. The van der Waals surface area contributed by atoms with E-state index in [2.05, 4.69) is 21.2 Å². The van der Waals surface area contributed by atoms with E-state index >= 15 is 0 Å². The summed E-state index contributed by atoms with van der Waals surface area (Å²) in [5.41, 5.74) is 13.6. The number of fused-ring (bicyclic) bond motifs is 3. The highest BCUT2D eigenvalue weighted by molar-refractivity contribution is 7.20. The Labute approximate surface area is 119 Å². The van der Waals surface area contributed by atoms with E-state index in [0.717, 1.165) is 39.5 Å². The third-order valence-corrected chi connectivity index (χ3v) is 4.35. The first-order valence-corrected chi connectivity index (χ1v) is 6.76. The van der Waals surface area contributed by atoms with Crippen LogP contribution >= 0.6 is 11.3 Å². The quantitative estimate of drug-likeness (QED) is 0.600. The van der Waals surface area contributed by atoms with Crippen LogP contribution in [0.25, 0.3) is 10.4 Å². The minimum absolute atomic E-state index is 0.250. The molecule has 1 aliphatic carbocycles. The minimum Gasteiger partial charge on any atom is -0.379 e. The predicted molar refractivity (Wildman–Crippen MR) is 77.6 cm³/mol. The lowest BCUT2D eigenvalue weighted by molar-refractivity contribution is -0.106. The van der Waals surface area contributed by atoms with Gasteiger partial charge in [-0.1, -0.05) is 0 Å². The molecule has 0 atom stereocenters. The molecule has 2 aromatic rings. The molecule has 8 heteroatoms. The van der Waals surface area contributed by atoms with Crippen LogP contribution in [-0.4, -0.2) is 29.6 Å². The lowest BCUT2D eigenvalue weighted by Gasteiger charge is -2.11. The number of aryl methyl sites for hydroxylation is 1. The van der Waals surface area contributed by atoms with Crippen LogP contribution < -0.4 is 16.8 Å². The van der Waals surface area contributed by atoms with E-state index in [1.807, 2.05) is 6.20 Å². The van der Waals surface area contributed by atoms with Gasteiger partial charge >= 0.3 is 0 Å². The molecule has 6 N–H and O–H groups in total. The van der Waals surface area contributed by atoms with Crippen LogP contribution in [0.5, 0.6) is 0 Å². The smallest absolute Gasteiger partial charge is 0.251 e. The molecule has 2 heterocycles. The van der Waals surface area contributed by atoms with Gasteiger partial charge in [0.2, 0.25) is 6.41 Å². The predicted octanol–water partition coefficient (Wildman–Crippen LogP) is 0.479. The molecule has 2 amide bonds. The van der Waals surface area contributed by atoms with Crippen LogP contribution in [0, 0.1) is 0 Å². The summed E-state index contributed by atoms with van der Waals surface area (Å²) in [6.45, 7) is 0. The van der Waals surface area contributed by atoms with Gasteiger partial charge in [0.25, 0.3) is 5.91 Å². The van der Waals surface area contributed by atoms with Crippen LogP contribution in [0.15, 0.2) is 6.20 Å². The average molecular weight is 293 g/mol. The van der Waals surface area contributed by atoms with E-state index in [0.29, 0.717) is 5.56 Å². The standard InChI is InChI=1S/C11H12N4OS.CH3NO/c1-13-11-8(10(12)16)5-2-3-7-6(4-14-15-7)9(5)17-11;2-1-3/h4,13H,2-3H2,1H3,(H2,12,16)(H,14,15);1H,(H2,2,3). The monoisotopic (exact) mass is 293 g/mol. The highest BCUT2D eigenvalue weighted by Crippen LogP contribution is 2.44. The fourth-order valence-electron chi connectivity index (χ4n) is 2.31. The molecule has 20 heavy (non-hydrogen) atoms. The van der Waals surface area contributed by atoms with Crippen LogP contribution in [0.2, 0.25) is 0 Å². The van der Waals surface area contributed by atoms with Gasteiger partial charge in [-0.15, -0.1) is 11.3 Å². The molecule has 1 aliphatic rings. The summed E-state index contributed by atoms with van der Waals surface area (Å²) in [5, 5.41) is 10.9. The molecule has 0 aliphatic heterocycles. The number of carbonyl (C=O) groups is 2. The Bertz CT molecular complexity index is 646. The lowest BCUT2D eigenvalue weighted by atomic mass is 9.94. The maximum Gasteiger partial charge on any atom is 0.251 e. The Kier molecular flexibility index (Phi) is 4.04. The summed E-state index contributed by atoms with van der Waals surface area (Å²) in [7, 11) is 1.81. The molecular weight excluding hydrogens is 278 g/mol. The molecule has 3 rings (SSSR count). The molecule has 0 radical (unpaired) electrons. The summed E-state index contributed by atoms with van der Waals surface area (Å²) in [6.07, 6.45) is 3.78. The molecule has 0 bridgehead atoms. The molecule has 0 spiro atoms. The maximum atomic E-state index is 11.5. The molecule has 7 nitrogen and oxygen atoms in total. The summed E-state index contributed by atoms with van der Waals surface area (Å²) in [4.78, 5) is 21.2. The number of aromatic nitrogens is 2. The number of nitrogens with zero attached hydrogens (tertiary/aromatic N) is 1. The number of carbonyl (C=O) groups excluding carboxylic acids is 2. The van der Waals surface area contributed by atoms with E-state index in [1.54, 1.807) is 18.4 Å². The van der Waals surface area contributed by atoms with Gasteiger partial charge in [-0.3, -0.25) is 14.7 Å². The van der Waals surface area contributed by atoms with Crippen molar-refractivity contribution < 1.29 is 9.59 Å². The third-order valence-electron chi connectivity index (χ3n) is 3.07. The Hall–Kier alpha value is -2.35. The van der Waals surface area contributed by atoms with Crippen molar-refractivity contribution in [2.75, 3.05) is 12.4 Å². The molecule has 0 aromatic carbocycles. The second kappa shape index (κ2) is 5.74. The summed E-state index contributed by atoms with van der Waals surface area (Å²) < 4.78 is 0. The van der Waals surface area contributed by atoms with Gasteiger partial charge in [0, 0.05) is 23.2 Å². The van der Waals surface area contributed by atoms with E-state index in [4.69, 9.17) is 10.5 Å². The van der Waals surface area contributed by atoms with Crippen molar-refractivity contribution in [3.05, 3.63) is 23.0 Å². The molecule has 0 unspecified atom stereocenters. The normalized spacial score (nSPS) is 11.7. The second-order valence-corrected chi connectivity index (χ2v) is 5.15. The number of nitrogens with two attached hydrogens (primary N) is 2. The number of aromatic amines is 1. The lowest BCUT2D eigenvalue weighted by Crippen LogP contribution is -2.15. The van der Waals surface area contributed by atoms with E-state index in [-0.39, 0.29) is 12.3 Å². The van der Waals surface area contributed by atoms with Crippen molar-refractivity contribution in [1.29, 1.82) is 0 Å². The zero-order valence-electron chi connectivity index (χ0n) is 10.9. The van der Waals surface area contributed by atoms with Gasteiger partial charge < -0.3 is 16.8 Å². The van der Waals surface area contributed by atoms with Crippen molar-refractivity contribution in [1.82, 2.24) is 10.2 Å². The van der Waals surface area contributed by atoms with Crippen molar-refractivity contribution in [3.8, 4) is 10.4 Å². The number of nitrogens with one attached hydrogen (secondary N) is 2. The average Bonchev–Trinajstić information content (AvgIpc) is 3.02. The van der Waals surface area contributed by atoms with Gasteiger partial charge in [0.1, 0.15) is 5.00 Å². The zero-order chi connectivity index (χ0) is 14.7. The number of H-pyrrole nitrogens is 1. The number of hydrogen-bond acceptors (Lipinski definition) is 5. The van der Waals surface area contributed by atoms with Gasteiger partial charge in [-0.25, -0.2) is 0 Å². The van der Waals surface area contributed by atoms with Gasteiger partial charge in [-0.05, 0) is 18.4 Å². The Morgan fingerprint density at radius 1 is 1.55 bits per heavy atom. The zero-order valence-corrected chi connectivity index (χ0v) is 11.7. The number of anilines is 1. The highest BCUT2D eigenvalue weighted by atomic mass is 32.1. The molecule has 0 saturated heterocycles. The number of amides is 2. The summed E-state index contributed by atoms with van der Waals surface area (Å²) in [5.74, 6) is -0.362. The summed E-state index contributed by atoms with van der Waals surface area (Å²) in [6, 6.07) is 0. The third kappa shape index (κ3) is 2.25. The molecule has 2 aromatic heterocycles. The first-order chi connectivity index (χ1) is 9.63. The number of hydrogen-bond donors (Lipinski definition) is 4. The van der Waals surface area contributed by atoms with E-state index in [9.17, 15) is 4.79 Å². The Morgan fingerprint density at radius 2 is 2.25 bits per heavy atom. The highest BCUT2D eigenvalue weighted by Gasteiger charge is 2.27. The van der Waals surface area contributed by atoms with Crippen LogP contribution in [0.1, 0.15) is 21.6 Å². The van der Waals surface area contributed by atoms with Crippen LogP contribution in [0.4, 0.5) is 5.00 Å². The topological polar surface area (TPSA) is 127 Å². The van der Waals surface area contributed by atoms with Crippen molar-refractivity contribution in [3.63, 3.8) is 0 Å². The SMILES string of the molecule is CNc1sc2c(c1C(N)=O)CCc1[nH]ncc1-2.NC=O. The number of thiophene rings is 1. The molecule has 0 saturated carbocycles. The number of rotatable bonds is 2. The van der Waals surface area contributed by atoms with Crippen molar-refractivity contribution in [2.45, 2.75) is 12.8 Å². The Morgan fingerprint density at radius 3 is 2.85 bits per heavy atom. The van der Waals surface area contributed by atoms with Crippen molar-refractivity contribution in [2.24, 2.45) is 11.5 Å². The largest absolute Gasteiger partial charge is 0.379 e. The maximum absolute atomic E-state index is 11.5. The molecule has 0 fully saturated rings. The van der Waals surface area contributed by atoms with Gasteiger partial charge in [0.05, 0.1) is 11.8 Å². The molecular formula is C12H15N5O2S.